The van der Waals surface area contributed by atoms with Gasteiger partial charge in [0.05, 0.1) is 0 Å². The Balaban J connectivity index is 1.72. The van der Waals surface area contributed by atoms with Gasteiger partial charge in [-0.25, -0.2) is 4.79 Å². The molecule has 0 heterocycles. The lowest BCUT2D eigenvalue weighted by molar-refractivity contribution is 0.184. The molecule has 2 fully saturated rings. The van der Waals surface area contributed by atoms with Crippen LogP contribution in [0.1, 0.15) is 51.4 Å². The van der Waals surface area contributed by atoms with Crippen LogP contribution in [0, 0.1) is 5.41 Å². The molecule has 0 aromatic carbocycles. The van der Waals surface area contributed by atoms with Crippen LogP contribution < -0.4 is 16.4 Å². The fourth-order valence-corrected chi connectivity index (χ4v) is 2.81. The maximum absolute atomic E-state index is 11.7. The van der Waals surface area contributed by atoms with E-state index in [1.165, 1.54) is 25.7 Å². The molecule has 0 saturated heterocycles. The Hall–Kier alpha value is -0.770. The second-order valence-corrected chi connectivity index (χ2v) is 5.72. The first-order valence-electron chi connectivity index (χ1n) is 6.99. The van der Waals surface area contributed by atoms with Gasteiger partial charge in [0, 0.05) is 18.0 Å². The van der Waals surface area contributed by atoms with Gasteiger partial charge in [-0.05, 0) is 38.6 Å². The maximum atomic E-state index is 11.7. The minimum Gasteiger partial charge on any atom is -0.338 e. The number of nitrogens with one attached hydrogen (secondary N) is 2. The SMILES string of the molecule is NCC1(CNC(=O)NC2CCC2)CCCCC1. The van der Waals surface area contributed by atoms with Crippen LogP contribution in [0.2, 0.25) is 0 Å². The van der Waals surface area contributed by atoms with Crippen LogP contribution in [0.15, 0.2) is 0 Å². The van der Waals surface area contributed by atoms with Gasteiger partial charge in [0.2, 0.25) is 0 Å². The number of amides is 2. The van der Waals surface area contributed by atoms with E-state index in [1.807, 2.05) is 0 Å². The van der Waals surface area contributed by atoms with Crippen molar-refractivity contribution in [2.45, 2.75) is 57.4 Å². The van der Waals surface area contributed by atoms with Crippen molar-refractivity contribution in [1.82, 2.24) is 10.6 Å². The lowest BCUT2D eigenvalue weighted by Crippen LogP contribution is -2.50. The van der Waals surface area contributed by atoms with Crippen LogP contribution in [0.25, 0.3) is 0 Å². The van der Waals surface area contributed by atoms with Crippen LogP contribution in [-0.4, -0.2) is 25.2 Å². The number of rotatable bonds is 4. The number of carbonyl (C=O) groups is 1. The molecule has 0 aromatic rings. The summed E-state index contributed by atoms with van der Waals surface area (Å²) < 4.78 is 0. The molecule has 4 heteroatoms. The minimum atomic E-state index is -0.00639. The number of nitrogens with two attached hydrogens (primary N) is 1. The molecular weight excluding hydrogens is 214 g/mol. The zero-order chi connectivity index (χ0) is 12.1. The lowest BCUT2D eigenvalue weighted by atomic mass is 9.74. The monoisotopic (exact) mass is 239 g/mol. The van der Waals surface area contributed by atoms with Crippen molar-refractivity contribution in [2.75, 3.05) is 13.1 Å². The summed E-state index contributed by atoms with van der Waals surface area (Å²) in [4.78, 5) is 11.7. The first-order chi connectivity index (χ1) is 8.24. The highest BCUT2D eigenvalue weighted by Gasteiger charge is 2.31. The number of hydrogen-bond acceptors (Lipinski definition) is 2. The van der Waals surface area contributed by atoms with E-state index in [-0.39, 0.29) is 11.4 Å². The quantitative estimate of drug-likeness (QED) is 0.699. The number of hydrogen-bond donors (Lipinski definition) is 3. The van der Waals surface area contributed by atoms with Crippen LogP contribution >= 0.6 is 0 Å². The largest absolute Gasteiger partial charge is 0.338 e. The van der Waals surface area contributed by atoms with Gasteiger partial charge < -0.3 is 16.4 Å². The van der Waals surface area contributed by atoms with Gasteiger partial charge in [0.1, 0.15) is 0 Å². The molecule has 0 aliphatic heterocycles. The summed E-state index contributed by atoms with van der Waals surface area (Å²) in [5.74, 6) is 0. The van der Waals surface area contributed by atoms with Gasteiger partial charge in [-0.2, -0.15) is 0 Å². The van der Waals surface area contributed by atoms with E-state index >= 15 is 0 Å². The third kappa shape index (κ3) is 3.35. The highest BCUT2D eigenvalue weighted by atomic mass is 16.2. The Morgan fingerprint density at radius 2 is 1.88 bits per heavy atom. The highest BCUT2D eigenvalue weighted by Crippen LogP contribution is 2.34. The van der Waals surface area contributed by atoms with Crippen LogP contribution in [0.3, 0.4) is 0 Å². The molecule has 98 valence electrons. The van der Waals surface area contributed by atoms with Gasteiger partial charge in [-0.3, -0.25) is 0 Å². The fraction of sp³-hybridized carbons (Fsp3) is 0.923. The molecule has 0 radical (unpaired) electrons. The van der Waals surface area contributed by atoms with E-state index in [9.17, 15) is 4.79 Å². The van der Waals surface area contributed by atoms with E-state index in [1.54, 1.807) is 0 Å². The van der Waals surface area contributed by atoms with Gasteiger partial charge >= 0.3 is 6.03 Å². The summed E-state index contributed by atoms with van der Waals surface area (Å²) >= 11 is 0. The molecule has 2 amide bonds. The fourth-order valence-electron chi connectivity index (χ4n) is 2.81. The summed E-state index contributed by atoms with van der Waals surface area (Å²) in [5.41, 5.74) is 6.05. The Bertz CT molecular complexity index is 257. The number of carbonyl (C=O) groups excluding carboxylic acids is 1. The van der Waals surface area contributed by atoms with Crippen molar-refractivity contribution in [2.24, 2.45) is 11.1 Å². The van der Waals surface area contributed by atoms with Gasteiger partial charge in [0.25, 0.3) is 0 Å². The highest BCUT2D eigenvalue weighted by molar-refractivity contribution is 5.74. The van der Waals surface area contributed by atoms with Crippen molar-refractivity contribution in [1.29, 1.82) is 0 Å². The molecule has 0 unspecified atom stereocenters. The topological polar surface area (TPSA) is 67.1 Å². The first kappa shape index (κ1) is 12.7. The first-order valence-corrected chi connectivity index (χ1v) is 6.99. The van der Waals surface area contributed by atoms with Crippen molar-refractivity contribution in [3.05, 3.63) is 0 Å². The zero-order valence-corrected chi connectivity index (χ0v) is 10.6. The van der Waals surface area contributed by atoms with Gasteiger partial charge in [-0.15, -0.1) is 0 Å². The molecule has 0 spiro atoms. The predicted molar refractivity (Wildman–Crippen MR) is 68.7 cm³/mol. The van der Waals surface area contributed by atoms with Crippen molar-refractivity contribution in [3.63, 3.8) is 0 Å². The molecular formula is C13H25N3O. The molecule has 2 aliphatic carbocycles. The molecule has 0 atom stereocenters. The molecule has 2 rings (SSSR count). The molecule has 2 saturated carbocycles. The summed E-state index contributed by atoms with van der Waals surface area (Å²) in [6.07, 6.45) is 9.66. The van der Waals surface area contributed by atoms with E-state index in [2.05, 4.69) is 10.6 Å². The van der Waals surface area contributed by atoms with Crippen molar-refractivity contribution < 1.29 is 4.79 Å². The van der Waals surface area contributed by atoms with Crippen LogP contribution in [0.5, 0.6) is 0 Å². The average Bonchev–Trinajstić information content (AvgIpc) is 2.32. The molecule has 0 aromatic heterocycles. The van der Waals surface area contributed by atoms with Crippen LogP contribution in [0.4, 0.5) is 4.79 Å². The van der Waals surface area contributed by atoms with Gasteiger partial charge in [-0.1, -0.05) is 19.3 Å². The predicted octanol–water partition coefficient (Wildman–Crippen LogP) is 1.75. The molecule has 0 bridgehead atoms. The maximum Gasteiger partial charge on any atom is 0.315 e. The van der Waals surface area contributed by atoms with Gasteiger partial charge in [0.15, 0.2) is 0 Å². The molecule has 4 N–H and O–H groups in total. The van der Waals surface area contributed by atoms with E-state index in [0.717, 1.165) is 32.2 Å². The van der Waals surface area contributed by atoms with Crippen LogP contribution in [-0.2, 0) is 0 Å². The summed E-state index contributed by atoms with van der Waals surface area (Å²) in [6, 6.07) is 0.406. The minimum absolute atomic E-state index is 0.00639. The van der Waals surface area contributed by atoms with E-state index in [4.69, 9.17) is 5.73 Å². The van der Waals surface area contributed by atoms with Crippen molar-refractivity contribution >= 4 is 6.03 Å². The second-order valence-electron chi connectivity index (χ2n) is 5.72. The van der Waals surface area contributed by atoms with E-state index < -0.39 is 0 Å². The summed E-state index contributed by atoms with van der Waals surface area (Å²) in [7, 11) is 0. The standard InChI is InChI=1S/C13H25N3O/c14-9-13(7-2-1-3-8-13)10-15-12(17)16-11-5-4-6-11/h11H,1-10,14H2,(H2,15,16,17). The third-order valence-electron chi connectivity index (χ3n) is 4.41. The Morgan fingerprint density at radius 3 is 2.41 bits per heavy atom. The molecule has 4 nitrogen and oxygen atoms in total. The third-order valence-corrected chi connectivity index (χ3v) is 4.41. The Labute approximate surface area is 104 Å². The Kier molecular flexibility index (Phi) is 4.26. The molecule has 17 heavy (non-hydrogen) atoms. The lowest BCUT2D eigenvalue weighted by Gasteiger charge is -2.36. The smallest absolute Gasteiger partial charge is 0.315 e. The normalized spacial score (nSPS) is 23.8. The Morgan fingerprint density at radius 1 is 1.18 bits per heavy atom. The van der Waals surface area contributed by atoms with Crippen molar-refractivity contribution in [3.8, 4) is 0 Å². The second kappa shape index (κ2) is 5.71. The summed E-state index contributed by atoms with van der Waals surface area (Å²) in [5, 5.41) is 6.02. The van der Waals surface area contributed by atoms with E-state index in [0.29, 0.717) is 12.6 Å². The average molecular weight is 239 g/mol. The number of urea groups is 1. The summed E-state index contributed by atoms with van der Waals surface area (Å²) in [6.45, 7) is 1.43. The zero-order valence-electron chi connectivity index (χ0n) is 10.6. The molecule has 2 aliphatic rings.